The fourth-order valence-corrected chi connectivity index (χ4v) is 4.14. The number of hydrogen-bond acceptors (Lipinski definition) is 2. The van der Waals surface area contributed by atoms with E-state index in [1.165, 1.54) is 19.2 Å². The highest BCUT2D eigenvalue weighted by Gasteiger charge is 2.37. The van der Waals surface area contributed by atoms with Gasteiger partial charge in [0.25, 0.3) is 0 Å². The maximum absolute atomic E-state index is 13.2. The number of nitrogens with zero attached hydrogens (tertiary/aromatic N) is 1. The van der Waals surface area contributed by atoms with Gasteiger partial charge in [-0.2, -0.15) is 26.3 Å². The topological polar surface area (TPSA) is 22.1 Å². The Morgan fingerprint density at radius 3 is 1.82 bits per heavy atom. The van der Waals surface area contributed by atoms with Crippen LogP contribution in [-0.2, 0) is 12.4 Å². The predicted octanol–water partition coefficient (Wildman–Crippen LogP) is 8.58. The van der Waals surface area contributed by atoms with Crippen LogP contribution in [0, 0.1) is 6.92 Å². The van der Waals surface area contributed by atoms with E-state index in [9.17, 15) is 26.3 Å². The third-order valence-corrected chi connectivity index (χ3v) is 5.80. The Balaban J connectivity index is 1.80. The molecule has 0 bridgehead atoms. The average molecular weight is 496 g/mol. The van der Waals surface area contributed by atoms with Crippen LogP contribution in [0.2, 0.25) is 5.02 Å². The molecule has 0 amide bonds. The first-order valence-electron chi connectivity index (χ1n) is 9.92. The predicted molar refractivity (Wildman–Crippen MR) is 119 cm³/mol. The summed E-state index contributed by atoms with van der Waals surface area (Å²) >= 11 is 6.64. The summed E-state index contributed by atoms with van der Waals surface area (Å²) in [5, 5.41) is 1.11. The van der Waals surface area contributed by atoms with Gasteiger partial charge in [-0.25, -0.2) is 0 Å². The first-order valence-corrected chi connectivity index (χ1v) is 10.3. The zero-order chi connectivity index (χ0) is 24.8. The number of ether oxygens (including phenoxy) is 1. The molecule has 0 unspecified atom stereocenters. The quantitative estimate of drug-likeness (QED) is 0.265. The van der Waals surface area contributed by atoms with Crippen LogP contribution in [-0.4, -0.2) is 12.1 Å². The van der Waals surface area contributed by atoms with Crippen LogP contribution in [0.4, 0.5) is 26.3 Å². The van der Waals surface area contributed by atoms with Crippen LogP contribution in [0.25, 0.3) is 33.2 Å². The highest BCUT2D eigenvalue weighted by molar-refractivity contribution is 6.38. The normalized spacial score (nSPS) is 12.3. The molecule has 176 valence electrons. The minimum Gasteiger partial charge on any atom is -0.497 e. The summed E-state index contributed by atoms with van der Waals surface area (Å²) in [5.74, 6) is 0.617. The third-order valence-electron chi connectivity index (χ3n) is 5.41. The fraction of sp³-hybridized carbons (Fsp3) is 0.160. The van der Waals surface area contributed by atoms with Gasteiger partial charge >= 0.3 is 12.4 Å². The second-order valence-corrected chi connectivity index (χ2v) is 8.02. The highest BCUT2D eigenvalue weighted by atomic mass is 35.5. The molecule has 4 aromatic rings. The molecule has 9 heteroatoms. The van der Waals surface area contributed by atoms with Gasteiger partial charge < -0.3 is 4.74 Å². The first-order chi connectivity index (χ1) is 15.9. The Morgan fingerprint density at radius 1 is 0.735 bits per heavy atom. The van der Waals surface area contributed by atoms with E-state index in [1.54, 1.807) is 37.3 Å². The molecule has 0 spiro atoms. The third kappa shape index (κ3) is 4.55. The smallest absolute Gasteiger partial charge is 0.416 e. The molecule has 0 aliphatic rings. The van der Waals surface area contributed by atoms with Crippen LogP contribution in [0.1, 0.15) is 16.8 Å². The highest BCUT2D eigenvalue weighted by Crippen LogP contribution is 2.40. The first kappa shape index (κ1) is 23.9. The van der Waals surface area contributed by atoms with Gasteiger partial charge in [0.05, 0.1) is 28.8 Å². The van der Waals surface area contributed by atoms with E-state index in [4.69, 9.17) is 16.3 Å². The van der Waals surface area contributed by atoms with E-state index in [0.717, 1.165) is 0 Å². The summed E-state index contributed by atoms with van der Waals surface area (Å²) in [6.45, 7) is 1.76. The van der Waals surface area contributed by atoms with Gasteiger partial charge in [0.1, 0.15) is 5.75 Å². The Morgan fingerprint density at radius 2 is 1.29 bits per heavy atom. The molecule has 0 aliphatic carbocycles. The number of benzene rings is 3. The number of aryl methyl sites for hydroxylation is 1. The van der Waals surface area contributed by atoms with Gasteiger partial charge in [-0.3, -0.25) is 4.98 Å². The molecule has 0 N–H and O–H groups in total. The van der Waals surface area contributed by atoms with Crippen molar-refractivity contribution in [2.24, 2.45) is 0 Å². The number of aromatic nitrogens is 1. The molecule has 1 heterocycles. The molecule has 0 fully saturated rings. The van der Waals surface area contributed by atoms with Gasteiger partial charge in [0.15, 0.2) is 0 Å². The van der Waals surface area contributed by atoms with E-state index in [2.05, 4.69) is 4.98 Å². The number of fused-ring (bicyclic) bond motifs is 1. The molecular formula is C25H16ClF6NO. The molecule has 0 saturated heterocycles. The lowest BCUT2D eigenvalue weighted by molar-refractivity contribution is -0.143. The summed E-state index contributed by atoms with van der Waals surface area (Å²) in [5.41, 5.74) is -0.245. The summed E-state index contributed by atoms with van der Waals surface area (Å²) in [6.07, 6.45) is -9.83. The number of alkyl halides is 6. The lowest BCUT2D eigenvalue weighted by atomic mass is 9.96. The molecule has 4 rings (SSSR count). The maximum atomic E-state index is 13.2. The van der Waals surface area contributed by atoms with Crippen molar-refractivity contribution in [1.82, 2.24) is 4.98 Å². The lowest BCUT2D eigenvalue weighted by Crippen LogP contribution is -2.11. The SMILES string of the molecule is COc1ccc2c(Cl)c(-c3ccc(-c4cc(C(F)(F)F)cc(C(F)(F)F)c4)cc3)c(C)nc2c1. The lowest BCUT2D eigenvalue weighted by Gasteiger charge is -2.15. The molecule has 1 aromatic heterocycles. The van der Waals surface area contributed by atoms with Crippen molar-refractivity contribution in [2.75, 3.05) is 7.11 Å². The standard InChI is InChI=1S/C25H16ClF6NO/c1-13-22(23(26)20-8-7-19(34-2)12-21(20)33-13)15-5-3-14(4-6-15)16-9-17(24(27,28)29)11-18(10-16)25(30,31)32/h3-12H,1-2H3. The number of pyridine rings is 1. The Kier molecular flexibility index (Phi) is 5.97. The zero-order valence-electron chi connectivity index (χ0n) is 17.8. The van der Waals surface area contributed by atoms with Crippen LogP contribution in [0.3, 0.4) is 0 Å². The average Bonchev–Trinajstić information content (AvgIpc) is 2.77. The van der Waals surface area contributed by atoms with Gasteiger partial charge in [0.2, 0.25) is 0 Å². The second-order valence-electron chi connectivity index (χ2n) is 7.64. The van der Waals surface area contributed by atoms with Gasteiger partial charge in [0, 0.05) is 22.7 Å². The number of methoxy groups -OCH3 is 1. The maximum Gasteiger partial charge on any atom is 0.416 e. The van der Waals surface area contributed by atoms with Crippen LogP contribution >= 0.6 is 11.6 Å². The Bertz CT molecular complexity index is 1350. The van der Waals surface area contributed by atoms with Crippen molar-refractivity contribution < 1.29 is 31.1 Å². The Labute approximate surface area is 195 Å². The Hall–Kier alpha value is -3.26. The molecule has 3 aromatic carbocycles. The van der Waals surface area contributed by atoms with Crippen molar-refractivity contribution >= 4 is 22.5 Å². The monoisotopic (exact) mass is 495 g/mol. The number of halogens is 7. The van der Waals surface area contributed by atoms with Crippen molar-refractivity contribution in [3.63, 3.8) is 0 Å². The van der Waals surface area contributed by atoms with Crippen molar-refractivity contribution in [2.45, 2.75) is 19.3 Å². The molecule has 0 saturated carbocycles. The summed E-state index contributed by atoms with van der Waals surface area (Å²) in [7, 11) is 1.54. The molecule has 0 radical (unpaired) electrons. The van der Waals surface area contributed by atoms with E-state index < -0.39 is 23.5 Å². The van der Waals surface area contributed by atoms with E-state index in [-0.39, 0.29) is 17.2 Å². The van der Waals surface area contributed by atoms with Gasteiger partial charge in [-0.1, -0.05) is 35.9 Å². The summed E-state index contributed by atoms with van der Waals surface area (Å²) < 4.78 is 84.4. The van der Waals surface area contributed by atoms with Crippen molar-refractivity contribution in [3.8, 4) is 28.0 Å². The van der Waals surface area contributed by atoms with Crippen molar-refractivity contribution in [1.29, 1.82) is 0 Å². The van der Waals surface area contributed by atoms with E-state index >= 15 is 0 Å². The minimum atomic E-state index is -4.92. The largest absolute Gasteiger partial charge is 0.497 e. The number of rotatable bonds is 3. The molecule has 0 aliphatic heterocycles. The van der Waals surface area contributed by atoms with Crippen LogP contribution in [0.15, 0.2) is 60.7 Å². The second kappa shape index (κ2) is 8.51. The molecule has 2 nitrogen and oxygen atoms in total. The van der Waals surface area contributed by atoms with Crippen LogP contribution in [0.5, 0.6) is 5.75 Å². The molecule has 34 heavy (non-hydrogen) atoms. The summed E-state index contributed by atoms with van der Waals surface area (Å²) in [4.78, 5) is 4.56. The van der Waals surface area contributed by atoms with E-state index in [0.29, 0.717) is 50.6 Å². The summed E-state index contributed by atoms with van der Waals surface area (Å²) in [6, 6.07) is 12.9. The van der Waals surface area contributed by atoms with Crippen molar-refractivity contribution in [3.05, 3.63) is 82.5 Å². The minimum absolute atomic E-state index is 0.108. The van der Waals surface area contributed by atoms with Gasteiger partial charge in [-0.15, -0.1) is 0 Å². The zero-order valence-corrected chi connectivity index (χ0v) is 18.5. The number of hydrogen-bond donors (Lipinski definition) is 0. The van der Waals surface area contributed by atoms with E-state index in [1.807, 2.05) is 0 Å². The van der Waals surface area contributed by atoms with Gasteiger partial charge in [-0.05, 0) is 53.9 Å². The molecule has 0 atom stereocenters. The fourth-order valence-electron chi connectivity index (χ4n) is 3.73. The molecular weight excluding hydrogens is 480 g/mol. The van der Waals surface area contributed by atoms with Crippen LogP contribution < -0.4 is 4.74 Å².